The van der Waals surface area contributed by atoms with Gasteiger partial charge in [0.05, 0.1) is 6.54 Å². The van der Waals surface area contributed by atoms with Crippen molar-refractivity contribution in [2.45, 2.75) is 26.3 Å². The first-order valence-electron chi connectivity index (χ1n) is 5.23. The van der Waals surface area contributed by atoms with Crippen molar-refractivity contribution in [3.8, 4) is 0 Å². The first kappa shape index (κ1) is 9.71. The fourth-order valence-electron chi connectivity index (χ4n) is 2.21. The van der Waals surface area contributed by atoms with E-state index in [9.17, 15) is 0 Å². The molecule has 2 aliphatic heterocycles. The van der Waals surface area contributed by atoms with E-state index >= 15 is 0 Å². The monoisotopic (exact) mass is 193 g/mol. The maximum absolute atomic E-state index is 4.51. The third kappa shape index (κ3) is 1.46. The molecule has 0 bridgehead atoms. The average Bonchev–Trinajstić information content (AvgIpc) is 2.57. The molecule has 2 rings (SSSR count). The SMILES string of the molecule is CC1=NCC(C)=C2C[C@H](N(C)C)CN12. The first-order valence-corrected chi connectivity index (χ1v) is 5.23. The molecule has 1 fully saturated rings. The van der Waals surface area contributed by atoms with Gasteiger partial charge in [-0.2, -0.15) is 0 Å². The third-order valence-corrected chi connectivity index (χ3v) is 3.31. The minimum atomic E-state index is 0.656. The van der Waals surface area contributed by atoms with Gasteiger partial charge in [-0.15, -0.1) is 0 Å². The lowest BCUT2D eigenvalue weighted by atomic mass is 10.1. The Morgan fingerprint density at radius 2 is 2.07 bits per heavy atom. The highest BCUT2D eigenvalue weighted by molar-refractivity contribution is 5.83. The summed E-state index contributed by atoms with van der Waals surface area (Å²) in [5, 5.41) is 0. The summed E-state index contributed by atoms with van der Waals surface area (Å²) < 4.78 is 0. The highest BCUT2D eigenvalue weighted by Crippen LogP contribution is 2.29. The topological polar surface area (TPSA) is 18.8 Å². The maximum atomic E-state index is 4.51. The van der Waals surface area contributed by atoms with Crippen LogP contribution >= 0.6 is 0 Å². The molecule has 1 saturated heterocycles. The Bertz CT molecular complexity index is 302. The average molecular weight is 193 g/mol. The molecule has 2 aliphatic rings. The Balaban J connectivity index is 2.23. The molecular formula is C11H19N3. The number of fused-ring (bicyclic) bond motifs is 1. The van der Waals surface area contributed by atoms with Crippen LogP contribution in [0.4, 0.5) is 0 Å². The van der Waals surface area contributed by atoms with E-state index in [0.29, 0.717) is 6.04 Å². The lowest BCUT2D eigenvalue weighted by Crippen LogP contribution is -2.34. The summed E-state index contributed by atoms with van der Waals surface area (Å²) in [6.45, 7) is 6.33. The molecule has 2 heterocycles. The molecule has 3 heteroatoms. The van der Waals surface area contributed by atoms with Gasteiger partial charge in [0.2, 0.25) is 0 Å². The van der Waals surface area contributed by atoms with Gasteiger partial charge in [0.25, 0.3) is 0 Å². The molecular weight excluding hydrogens is 174 g/mol. The van der Waals surface area contributed by atoms with Gasteiger partial charge in [-0.25, -0.2) is 0 Å². The minimum absolute atomic E-state index is 0.656. The van der Waals surface area contributed by atoms with Crippen LogP contribution in [0.25, 0.3) is 0 Å². The largest absolute Gasteiger partial charge is 0.332 e. The van der Waals surface area contributed by atoms with E-state index in [1.165, 1.54) is 23.5 Å². The molecule has 0 spiro atoms. The van der Waals surface area contributed by atoms with Gasteiger partial charge in [0, 0.05) is 24.7 Å². The van der Waals surface area contributed by atoms with Crippen molar-refractivity contribution in [3.05, 3.63) is 11.3 Å². The predicted octanol–water partition coefficient (Wildman–Crippen LogP) is 1.33. The highest BCUT2D eigenvalue weighted by Gasteiger charge is 2.32. The Labute approximate surface area is 86.1 Å². The molecule has 0 amide bonds. The minimum Gasteiger partial charge on any atom is -0.332 e. The summed E-state index contributed by atoms with van der Waals surface area (Å²) in [7, 11) is 4.32. The Kier molecular flexibility index (Phi) is 2.35. The smallest absolute Gasteiger partial charge is 0.100 e. The van der Waals surface area contributed by atoms with Crippen LogP contribution in [0.5, 0.6) is 0 Å². The van der Waals surface area contributed by atoms with Crippen molar-refractivity contribution in [2.24, 2.45) is 4.99 Å². The fraction of sp³-hybridized carbons (Fsp3) is 0.727. The zero-order chi connectivity index (χ0) is 10.3. The number of hydrogen-bond donors (Lipinski definition) is 0. The first-order chi connectivity index (χ1) is 6.59. The summed E-state index contributed by atoms with van der Waals surface area (Å²) in [6, 6.07) is 0.656. The quantitative estimate of drug-likeness (QED) is 0.625. The van der Waals surface area contributed by atoms with Crippen molar-refractivity contribution >= 4 is 5.84 Å². The van der Waals surface area contributed by atoms with Crippen LogP contribution in [0.1, 0.15) is 20.3 Å². The molecule has 0 radical (unpaired) electrons. The number of hydrogen-bond acceptors (Lipinski definition) is 3. The highest BCUT2D eigenvalue weighted by atomic mass is 15.3. The second kappa shape index (κ2) is 3.39. The zero-order valence-corrected chi connectivity index (χ0v) is 9.54. The van der Waals surface area contributed by atoms with Crippen LogP contribution in [0.3, 0.4) is 0 Å². The van der Waals surface area contributed by atoms with Gasteiger partial charge < -0.3 is 9.80 Å². The van der Waals surface area contributed by atoms with Gasteiger partial charge in [-0.1, -0.05) is 0 Å². The number of aliphatic imine (C=N–C) groups is 1. The van der Waals surface area contributed by atoms with Crippen LogP contribution < -0.4 is 0 Å². The maximum Gasteiger partial charge on any atom is 0.100 e. The molecule has 0 aromatic heterocycles. The van der Waals surface area contributed by atoms with E-state index in [1.54, 1.807) is 0 Å². The van der Waals surface area contributed by atoms with Gasteiger partial charge >= 0.3 is 0 Å². The molecule has 0 aromatic rings. The van der Waals surface area contributed by atoms with Crippen molar-refractivity contribution in [3.63, 3.8) is 0 Å². The number of rotatable bonds is 1. The van der Waals surface area contributed by atoms with Crippen LogP contribution in [-0.4, -0.2) is 48.9 Å². The standard InChI is InChI=1S/C11H19N3/c1-8-6-12-9(2)14-7-10(13(3)4)5-11(8)14/h10H,5-7H2,1-4H3/t10-/m0/s1. The van der Waals surface area contributed by atoms with Gasteiger partial charge in [-0.3, -0.25) is 4.99 Å². The Morgan fingerprint density at radius 3 is 2.64 bits per heavy atom. The van der Waals surface area contributed by atoms with Crippen molar-refractivity contribution in [1.82, 2.24) is 9.80 Å². The molecule has 0 N–H and O–H groups in total. The van der Waals surface area contributed by atoms with Crippen LogP contribution in [-0.2, 0) is 0 Å². The molecule has 3 nitrogen and oxygen atoms in total. The second-order valence-corrected chi connectivity index (χ2v) is 4.52. The Hall–Kier alpha value is -0.830. The molecule has 0 aromatic carbocycles. The van der Waals surface area contributed by atoms with Crippen LogP contribution in [0.15, 0.2) is 16.3 Å². The summed E-state index contributed by atoms with van der Waals surface area (Å²) in [5.41, 5.74) is 2.95. The Morgan fingerprint density at radius 1 is 1.36 bits per heavy atom. The lowest BCUT2D eigenvalue weighted by Gasteiger charge is -2.25. The molecule has 78 valence electrons. The van der Waals surface area contributed by atoms with E-state index in [4.69, 9.17) is 0 Å². The normalized spacial score (nSPS) is 27.1. The number of likely N-dealkylation sites (N-methyl/N-ethyl adjacent to an activating group) is 1. The molecule has 0 unspecified atom stereocenters. The summed E-state index contributed by atoms with van der Waals surface area (Å²) >= 11 is 0. The van der Waals surface area contributed by atoms with E-state index in [1.807, 2.05) is 0 Å². The fourth-order valence-corrected chi connectivity index (χ4v) is 2.21. The van der Waals surface area contributed by atoms with Gasteiger partial charge in [0.1, 0.15) is 5.84 Å². The summed E-state index contributed by atoms with van der Waals surface area (Å²) in [5.74, 6) is 1.19. The number of nitrogens with zero attached hydrogens (tertiary/aromatic N) is 3. The third-order valence-electron chi connectivity index (χ3n) is 3.31. The van der Waals surface area contributed by atoms with E-state index < -0.39 is 0 Å². The summed E-state index contributed by atoms with van der Waals surface area (Å²) in [6.07, 6.45) is 1.19. The lowest BCUT2D eigenvalue weighted by molar-refractivity contribution is 0.301. The second-order valence-electron chi connectivity index (χ2n) is 4.52. The van der Waals surface area contributed by atoms with E-state index in [-0.39, 0.29) is 0 Å². The van der Waals surface area contributed by atoms with Crippen LogP contribution in [0.2, 0.25) is 0 Å². The molecule has 14 heavy (non-hydrogen) atoms. The molecule has 0 aliphatic carbocycles. The molecule has 1 atom stereocenters. The van der Waals surface area contributed by atoms with Crippen molar-refractivity contribution < 1.29 is 0 Å². The predicted molar refractivity (Wildman–Crippen MR) is 59.5 cm³/mol. The van der Waals surface area contributed by atoms with Crippen molar-refractivity contribution in [1.29, 1.82) is 0 Å². The van der Waals surface area contributed by atoms with E-state index in [0.717, 1.165) is 13.1 Å². The number of amidine groups is 1. The zero-order valence-electron chi connectivity index (χ0n) is 9.54. The van der Waals surface area contributed by atoms with Gasteiger partial charge in [0.15, 0.2) is 0 Å². The van der Waals surface area contributed by atoms with E-state index in [2.05, 4.69) is 42.7 Å². The van der Waals surface area contributed by atoms with Crippen LogP contribution in [0, 0.1) is 0 Å². The summed E-state index contributed by atoms with van der Waals surface area (Å²) in [4.78, 5) is 9.20. The van der Waals surface area contributed by atoms with Gasteiger partial charge in [-0.05, 0) is 33.5 Å². The van der Waals surface area contributed by atoms with Crippen molar-refractivity contribution in [2.75, 3.05) is 27.2 Å². The molecule has 0 saturated carbocycles.